The van der Waals surface area contributed by atoms with Gasteiger partial charge in [0.1, 0.15) is 12.4 Å². The van der Waals surface area contributed by atoms with E-state index < -0.39 is 0 Å². The molecule has 1 saturated heterocycles. The number of hydrogen-bond donors (Lipinski definition) is 0. The van der Waals surface area contributed by atoms with Gasteiger partial charge in [0.25, 0.3) is 0 Å². The van der Waals surface area contributed by atoms with Crippen LogP contribution in [0.4, 0.5) is 4.39 Å². The standard InChI is InChI=1S/C19H21FN6OS/c1-14-11-15(4-5-17(14)20)19-21-23-26(22-19)13-18(27)25-8-6-24(7-9-25)12-16-3-2-10-28-16/h2-5,10-11H,6-9,12-13H2,1H3. The molecule has 0 radical (unpaired) electrons. The Balaban J connectivity index is 1.32. The molecule has 28 heavy (non-hydrogen) atoms. The van der Waals surface area contributed by atoms with Crippen LogP contribution in [0.5, 0.6) is 0 Å². The molecule has 0 N–H and O–H groups in total. The molecule has 0 atom stereocenters. The summed E-state index contributed by atoms with van der Waals surface area (Å²) in [6.45, 7) is 5.78. The van der Waals surface area contributed by atoms with Crippen molar-refractivity contribution in [2.24, 2.45) is 0 Å². The largest absolute Gasteiger partial charge is 0.338 e. The first-order valence-corrected chi connectivity index (χ1v) is 10.0. The number of carbonyl (C=O) groups excluding carboxylic acids is 1. The number of aryl methyl sites for hydroxylation is 1. The van der Waals surface area contributed by atoms with Crippen molar-refractivity contribution < 1.29 is 9.18 Å². The maximum absolute atomic E-state index is 13.4. The minimum absolute atomic E-state index is 0.0185. The molecule has 0 aliphatic carbocycles. The van der Waals surface area contributed by atoms with Crippen LogP contribution in [0, 0.1) is 12.7 Å². The van der Waals surface area contributed by atoms with Gasteiger partial charge in [-0.3, -0.25) is 9.69 Å². The molecular weight excluding hydrogens is 379 g/mol. The van der Waals surface area contributed by atoms with Crippen LogP contribution < -0.4 is 0 Å². The molecule has 4 rings (SSSR count). The molecule has 0 saturated carbocycles. The Morgan fingerprint density at radius 2 is 2.04 bits per heavy atom. The van der Waals surface area contributed by atoms with E-state index in [1.165, 1.54) is 15.7 Å². The number of piperazine rings is 1. The molecule has 7 nitrogen and oxygen atoms in total. The van der Waals surface area contributed by atoms with Crippen molar-refractivity contribution in [3.63, 3.8) is 0 Å². The van der Waals surface area contributed by atoms with Gasteiger partial charge in [-0.2, -0.15) is 4.80 Å². The molecule has 0 unspecified atom stereocenters. The Morgan fingerprint density at radius 1 is 1.21 bits per heavy atom. The molecule has 9 heteroatoms. The Labute approximate surface area is 166 Å². The zero-order valence-electron chi connectivity index (χ0n) is 15.6. The smallest absolute Gasteiger partial charge is 0.246 e. The maximum Gasteiger partial charge on any atom is 0.246 e. The number of hydrogen-bond acceptors (Lipinski definition) is 6. The highest BCUT2D eigenvalue weighted by molar-refractivity contribution is 7.09. The summed E-state index contributed by atoms with van der Waals surface area (Å²) in [5.74, 6) is 0.0937. The van der Waals surface area contributed by atoms with Gasteiger partial charge in [-0.25, -0.2) is 4.39 Å². The predicted molar refractivity (Wildman–Crippen MR) is 104 cm³/mol. The van der Waals surface area contributed by atoms with Crippen LogP contribution in [0.1, 0.15) is 10.4 Å². The van der Waals surface area contributed by atoms with Crippen molar-refractivity contribution in [1.29, 1.82) is 0 Å². The van der Waals surface area contributed by atoms with Crippen LogP contribution in [-0.4, -0.2) is 62.1 Å². The molecule has 1 aromatic carbocycles. The van der Waals surface area contributed by atoms with Crippen molar-refractivity contribution in [3.8, 4) is 11.4 Å². The SMILES string of the molecule is Cc1cc(-c2nnn(CC(=O)N3CCN(Cc4cccs4)CC3)n2)ccc1F. The lowest BCUT2D eigenvalue weighted by atomic mass is 10.1. The fourth-order valence-corrected chi connectivity index (χ4v) is 3.96. The van der Waals surface area contributed by atoms with Crippen LogP contribution in [-0.2, 0) is 17.9 Å². The minimum Gasteiger partial charge on any atom is -0.338 e. The summed E-state index contributed by atoms with van der Waals surface area (Å²) < 4.78 is 13.4. The highest BCUT2D eigenvalue weighted by Crippen LogP contribution is 2.17. The summed E-state index contributed by atoms with van der Waals surface area (Å²) in [6, 6.07) is 8.86. The molecule has 1 aliphatic heterocycles. The number of thiophene rings is 1. The van der Waals surface area contributed by atoms with Gasteiger partial charge in [0.05, 0.1) is 0 Å². The van der Waals surface area contributed by atoms with Gasteiger partial charge in [0.2, 0.25) is 11.7 Å². The molecule has 1 amide bonds. The second kappa shape index (κ2) is 8.15. The molecule has 0 bridgehead atoms. The number of halogens is 1. The highest BCUT2D eigenvalue weighted by Gasteiger charge is 2.22. The van der Waals surface area contributed by atoms with Gasteiger partial charge < -0.3 is 4.90 Å². The first-order valence-electron chi connectivity index (χ1n) is 9.15. The normalized spacial score (nSPS) is 15.1. The van der Waals surface area contributed by atoms with Crippen LogP contribution in [0.3, 0.4) is 0 Å². The molecule has 3 heterocycles. The summed E-state index contributed by atoms with van der Waals surface area (Å²) in [7, 11) is 0. The molecule has 3 aromatic rings. The highest BCUT2D eigenvalue weighted by atomic mass is 32.1. The van der Waals surface area contributed by atoms with E-state index in [0.717, 1.165) is 19.6 Å². The molecular formula is C19H21FN6OS. The quantitative estimate of drug-likeness (QED) is 0.657. The lowest BCUT2D eigenvalue weighted by Crippen LogP contribution is -2.49. The van der Waals surface area contributed by atoms with Crippen LogP contribution in [0.2, 0.25) is 0 Å². The second-order valence-electron chi connectivity index (χ2n) is 6.84. The van der Waals surface area contributed by atoms with Gasteiger partial charge in [0, 0.05) is 43.2 Å². The van der Waals surface area contributed by atoms with Gasteiger partial charge >= 0.3 is 0 Å². The zero-order valence-corrected chi connectivity index (χ0v) is 16.4. The topological polar surface area (TPSA) is 67.2 Å². The van der Waals surface area contributed by atoms with Crippen LogP contribution in [0.25, 0.3) is 11.4 Å². The van der Waals surface area contributed by atoms with E-state index in [9.17, 15) is 9.18 Å². The maximum atomic E-state index is 13.4. The number of rotatable bonds is 5. The third kappa shape index (κ3) is 4.26. The number of nitrogens with zero attached hydrogens (tertiary/aromatic N) is 6. The van der Waals surface area contributed by atoms with Crippen molar-refractivity contribution in [2.45, 2.75) is 20.0 Å². The number of benzene rings is 1. The van der Waals surface area contributed by atoms with Gasteiger partial charge in [-0.15, -0.1) is 21.5 Å². The number of amides is 1. The Kier molecular flexibility index (Phi) is 5.45. The summed E-state index contributed by atoms with van der Waals surface area (Å²) in [4.78, 5) is 19.4. The molecule has 0 spiro atoms. The monoisotopic (exact) mass is 400 g/mol. The van der Waals surface area contributed by atoms with Crippen molar-refractivity contribution >= 4 is 17.2 Å². The third-order valence-electron chi connectivity index (χ3n) is 4.83. The van der Waals surface area contributed by atoms with Gasteiger partial charge in [-0.1, -0.05) is 6.07 Å². The van der Waals surface area contributed by atoms with E-state index in [4.69, 9.17) is 0 Å². The lowest BCUT2D eigenvalue weighted by Gasteiger charge is -2.34. The molecule has 1 aliphatic rings. The zero-order chi connectivity index (χ0) is 19.5. The molecule has 1 fully saturated rings. The average molecular weight is 400 g/mol. The number of tetrazole rings is 1. The van der Waals surface area contributed by atoms with Gasteiger partial charge in [0.15, 0.2) is 0 Å². The number of aromatic nitrogens is 4. The Bertz CT molecular complexity index is 949. The molecule has 146 valence electrons. The van der Waals surface area contributed by atoms with E-state index in [0.29, 0.717) is 30.0 Å². The van der Waals surface area contributed by atoms with E-state index in [2.05, 4.69) is 37.8 Å². The lowest BCUT2D eigenvalue weighted by molar-refractivity contribution is -0.134. The fraction of sp³-hybridized carbons (Fsp3) is 0.368. The first kappa shape index (κ1) is 18.7. The predicted octanol–water partition coefficient (Wildman–Crippen LogP) is 2.19. The number of carbonyl (C=O) groups is 1. The van der Waals surface area contributed by atoms with E-state index in [1.54, 1.807) is 30.4 Å². The van der Waals surface area contributed by atoms with Crippen LogP contribution >= 0.6 is 11.3 Å². The Hall–Kier alpha value is -2.65. The summed E-state index contributed by atoms with van der Waals surface area (Å²) >= 11 is 1.76. The minimum atomic E-state index is -0.274. The van der Waals surface area contributed by atoms with Crippen molar-refractivity contribution in [2.75, 3.05) is 26.2 Å². The van der Waals surface area contributed by atoms with E-state index >= 15 is 0 Å². The Morgan fingerprint density at radius 3 is 2.75 bits per heavy atom. The van der Waals surface area contributed by atoms with Crippen LogP contribution in [0.15, 0.2) is 35.7 Å². The van der Waals surface area contributed by atoms with E-state index in [-0.39, 0.29) is 18.3 Å². The van der Waals surface area contributed by atoms with Crippen molar-refractivity contribution in [1.82, 2.24) is 30.0 Å². The average Bonchev–Trinajstić information content (AvgIpc) is 3.37. The van der Waals surface area contributed by atoms with E-state index in [1.807, 2.05) is 4.90 Å². The summed E-state index contributed by atoms with van der Waals surface area (Å²) in [5, 5.41) is 14.3. The molecule has 2 aromatic heterocycles. The summed E-state index contributed by atoms with van der Waals surface area (Å²) in [6.07, 6.45) is 0. The first-order chi connectivity index (χ1) is 13.6. The van der Waals surface area contributed by atoms with Crippen molar-refractivity contribution in [3.05, 3.63) is 52.0 Å². The second-order valence-corrected chi connectivity index (χ2v) is 7.88. The van der Waals surface area contributed by atoms with Gasteiger partial charge in [-0.05, 0) is 47.3 Å². The third-order valence-corrected chi connectivity index (χ3v) is 5.69. The summed E-state index contributed by atoms with van der Waals surface area (Å²) in [5.41, 5.74) is 1.20. The fourth-order valence-electron chi connectivity index (χ4n) is 3.21.